The first kappa shape index (κ1) is 11.4. The lowest BCUT2D eigenvalue weighted by Crippen LogP contribution is -2.29. The number of nitrogens with one attached hydrogen (secondary N) is 1. The van der Waals surface area contributed by atoms with Gasteiger partial charge in [-0.15, -0.1) is 0 Å². The maximum Gasteiger partial charge on any atom is 0.101 e. The average molecular weight is 280 g/mol. The van der Waals surface area contributed by atoms with Crippen LogP contribution in [0.3, 0.4) is 0 Å². The molecule has 0 radical (unpaired) electrons. The average Bonchev–Trinajstić information content (AvgIpc) is 2.77. The van der Waals surface area contributed by atoms with E-state index in [1.54, 1.807) is 0 Å². The number of nitrogens with zero attached hydrogens (tertiary/aromatic N) is 2. The van der Waals surface area contributed by atoms with Crippen LogP contribution in [0.5, 0.6) is 0 Å². The molecule has 1 aromatic carbocycles. The van der Waals surface area contributed by atoms with Gasteiger partial charge in [0.2, 0.25) is 0 Å². The van der Waals surface area contributed by atoms with Gasteiger partial charge in [-0.2, -0.15) is 5.26 Å². The molecule has 1 fully saturated rings. The van der Waals surface area contributed by atoms with E-state index in [9.17, 15) is 0 Å². The van der Waals surface area contributed by atoms with E-state index < -0.39 is 0 Å². The molecular weight excluding hydrogens is 266 g/mol. The van der Waals surface area contributed by atoms with Crippen molar-refractivity contribution < 1.29 is 0 Å². The first-order valence-electron chi connectivity index (χ1n) is 5.36. The molecule has 0 aromatic heterocycles. The molecule has 0 amide bonds. The summed E-state index contributed by atoms with van der Waals surface area (Å²) in [6.45, 7) is 1.98. The Morgan fingerprint density at radius 1 is 1.56 bits per heavy atom. The van der Waals surface area contributed by atoms with Crippen LogP contribution in [0.4, 0.5) is 5.69 Å². The molecule has 1 unspecified atom stereocenters. The van der Waals surface area contributed by atoms with Crippen molar-refractivity contribution in [3.05, 3.63) is 28.2 Å². The molecule has 0 bridgehead atoms. The molecule has 2 rings (SSSR count). The Hall–Kier alpha value is -1.05. The standard InChI is InChI=1S/C12H14BrN3/c1-15-11-4-5-16(8-11)12-6-10(13)3-2-9(12)7-14/h2-3,6,11,15H,4-5,8H2,1H3. The van der Waals surface area contributed by atoms with Gasteiger partial charge >= 0.3 is 0 Å². The Morgan fingerprint density at radius 2 is 2.38 bits per heavy atom. The molecule has 0 saturated carbocycles. The maximum absolute atomic E-state index is 9.09. The van der Waals surface area contributed by atoms with Gasteiger partial charge in [0, 0.05) is 23.6 Å². The first-order valence-corrected chi connectivity index (χ1v) is 6.15. The highest BCUT2D eigenvalue weighted by atomic mass is 79.9. The summed E-state index contributed by atoms with van der Waals surface area (Å²) in [4.78, 5) is 2.27. The second-order valence-electron chi connectivity index (χ2n) is 3.99. The first-order chi connectivity index (χ1) is 7.74. The van der Waals surface area contributed by atoms with E-state index in [1.807, 2.05) is 25.2 Å². The van der Waals surface area contributed by atoms with Crippen LogP contribution in [0.15, 0.2) is 22.7 Å². The van der Waals surface area contributed by atoms with E-state index in [-0.39, 0.29) is 0 Å². The molecule has 1 atom stereocenters. The molecule has 1 heterocycles. The number of hydrogen-bond acceptors (Lipinski definition) is 3. The van der Waals surface area contributed by atoms with E-state index in [0.717, 1.165) is 35.2 Å². The van der Waals surface area contributed by atoms with Crippen molar-refractivity contribution in [3.63, 3.8) is 0 Å². The Kier molecular flexibility index (Phi) is 3.47. The molecule has 1 saturated heterocycles. The van der Waals surface area contributed by atoms with Gasteiger partial charge in [0.15, 0.2) is 0 Å². The van der Waals surface area contributed by atoms with Gasteiger partial charge in [-0.25, -0.2) is 0 Å². The van der Waals surface area contributed by atoms with Gasteiger partial charge in [0.25, 0.3) is 0 Å². The molecule has 1 aliphatic rings. The predicted molar refractivity (Wildman–Crippen MR) is 68.5 cm³/mol. The van der Waals surface area contributed by atoms with E-state index in [1.165, 1.54) is 0 Å². The fourth-order valence-electron chi connectivity index (χ4n) is 2.08. The highest BCUT2D eigenvalue weighted by molar-refractivity contribution is 9.10. The molecule has 84 valence electrons. The van der Waals surface area contributed by atoms with Crippen molar-refractivity contribution in [2.45, 2.75) is 12.5 Å². The van der Waals surface area contributed by atoms with Crippen LogP contribution in [-0.4, -0.2) is 26.2 Å². The Morgan fingerprint density at radius 3 is 3.00 bits per heavy atom. The molecule has 1 N–H and O–H groups in total. The zero-order chi connectivity index (χ0) is 11.5. The second-order valence-corrected chi connectivity index (χ2v) is 4.91. The van der Waals surface area contributed by atoms with E-state index >= 15 is 0 Å². The third-order valence-corrected chi connectivity index (χ3v) is 3.51. The Bertz CT molecular complexity index is 425. The lowest BCUT2D eigenvalue weighted by Gasteiger charge is -2.20. The van der Waals surface area contributed by atoms with Crippen molar-refractivity contribution in [2.24, 2.45) is 0 Å². The summed E-state index contributed by atoms with van der Waals surface area (Å²) in [5.74, 6) is 0. The van der Waals surface area contributed by atoms with Crippen molar-refractivity contribution in [1.29, 1.82) is 5.26 Å². The van der Waals surface area contributed by atoms with Gasteiger partial charge in [0.1, 0.15) is 6.07 Å². The number of benzene rings is 1. The Labute approximate surface area is 104 Å². The minimum Gasteiger partial charge on any atom is -0.369 e. The quantitative estimate of drug-likeness (QED) is 0.902. The third-order valence-electron chi connectivity index (χ3n) is 3.02. The van der Waals surface area contributed by atoms with Gasteiger partial charge in [-0.1, -0.05) is 15.9 Å². The summed E-state index contributed by atoms with van der Waals surface area (Å²) in [6, 6.07) is 8.58. The van der Waals surface area contributed by atoms with Gasteiger partial charge in [-0.3, -0.25) is 0 Å². The molecule has 0 spiro atoms. The monoisotopic (exact) mass is 279 g/mol. The number of rotatable bonds is 2. The maximum atomic E-state index is 9.09. The summed E-state index contributed by atoms with van der Waals surface area (Å²) in [5, 5.41) is 12.4. The summed E-state index contributed by atoms with van der Waals surface area (Å²) in [7, 11) is 1.99. The van der Waals surface area contributed by atoms with Gasteiger partial charge in [0.05, 0.1) is 11.3 Å². The highest BCUT2D eigenvalue weighted by Gasteiger charge is 2.22. The third kappa shape index (κ3) is 2.21. The van der Waals surface area contributed by atoms with E-state index in [2.05, 4.69) is 32.2 Å². The largest absolute Gasteiger partial charge is 0.369 e. The molecule has 0 aliphatic carbocycles. The molecule has 4 heteroatoms. The van der Waals surface area contributed by atoms with Crippen LogP contribution >= 0.6 is 15.9 Å². The van der Waals surface area contributed by atoms with E-state index in [4.69, 9.17) is 5.26 Å². The second kappa shape index (κ2) is 4.86. The summed E-state index contributed by atoms with van der Waals surface area (Å²) in [5.41, 5.74) is 1.79. The number of hydrogen-bond donors (Lipinski definition) is 1. The predicted octanol–water partition coefficient (Wildman–Crippen LogP) is 2.12. The highest BCUT2D eigenvalue weighted by Crippen LogP contribution is 2.27. The lowest BCUT2D eigenvalue weighted by atomic mass is 10.2. The van der Waals surface area contributed by atoms with Crippen LogP contribution in [0.25, 0.3) is 0 Å². The van der Waals surface area contributed by atoms with E-state index in [0.29, 0.717) is 6.04 Å². The number of halogens is 1. The topological polar surface area (TPSA) is 39.1 Å². The van der Waals surface area contributed by atoms with Crippen molar-refractivity contribution in [1.82, 2.24) is 5.32 Å². The molecule has 1 aromatic rings. The fraction of sp³-hybridized carbons (Fsp3) is 0.417. The zero-order valence-electron chi connectivity index (χ0n) is 9.20. The minimum atomic E-state index is 0.533. The fourth-order valence-corrected chi connectivity index (χ4v) is 2.42. The summed E-state index contributed by atoms with van der Waals surface area (Å²) < 4.78 is 1.02. The number of anilines is 1. The smallest absolute Gasteiger partial charge is 0.101 e. The number of nitriles is 1. The molecular formula is C12H14BrN3. The molecule has 1 aliphatic heterocycles. The van der Waals surface area contributed by atoms with Gasteiger partial charge in [-0.05, 0) is 31.7 Å². The summed E-state index contributed by atoms with van der Waals surface area (Å²) in [6.07, 6.45) is 1.13. The van der Waals surface area contributed by atoms with Crippen LogP contribution in [0, 0.1) is 11.3 Å². The van der Waals surface area contributed by atoms with Crippen LogP contribution < -0.4 is 10.2 Å². The minimum absolute atomic E-state index is 0.533. The van der Waals surface area contributed by atoms with Crippen LogP contribution in [-0.2, 0) is 0 Å². The number of likely N-dealkylation sites (N-methyl/N-ethyl adjacent to an activating group) is 1. The van der Waals surface area contributed by atoms with Crippen molar-refractivity contribution >= 4 is 21.6 Å². The normalized spacial score (nSPS) is 19.8. The van der Waals surface area contributed by atoms with Crippen LogP contribution in [0.2, 0.25) is 0 Å². The lowest BCUT2D eigenvalue weighted by molar-refractivity contribution is 0.617. The van der Waals surface area contributed by atoms with Crippen molar-refractivity contribution in [3.8, 4) is 6.07 Å². The van der Waals surface area contributed by atoms with Gasteiger partial charge < -0.3 is 10.2 Å². The molecule has 3 nitrogen and oxygen atoms in total. The zero-order valence-corrected chi connectivity index (χ0v) is 10.8. The molecule has 16 heavy (non-hydrogen) atoms. The summed E-state index contributed by atoms with van der Waals surface area (Å²) >= 11 is 3.45. The Balaban J connectivity index is 2.27. The van der Waals surface area contributed by atoms with Crippen LogP contribution in [0.1, 0.15) is 12.0 Å². The SMILES string of the molecule is CNC1CCN(c2cc(Br)ccc2C#N)C1. The van der Waals surface area contributed by atoms with Crippen molar-refractivity contribution in [2.75, 3.05) is 25.0 Å².